The number of aliphatic hydroxyl groups is 2. The predicted molar refractivity (Wildman–Crippen MR) is 130 cm³/mol. The molecule has 0 bridgehead atoms. The zero-order valence-corrected chi connectivity index (χ0v) is 24.2. The third kappa shape index (κ3) is 11.8. The quantitative estimate of drug-likeness (QED) is 0.0534. The highest BCUT2D eigenvalue weighted by atomic mass is 31.2. The Morgan fingerprint density at radius 1 is 0.463 bits per heavy atom. The first kappa shape index (κ1) is 39.8. The zero-order valence-electron chi connectivity index (χ0n) is 20.7. The van der Waals surface area contributed by atoms with Gasteiger partial charge in [-0.15, -0.1) is 0 Å². The molecular weight excluding hydrogens is 654 g/mol. The summed E-state index contributed by atoms with van der Waals surface area (Å²) in [6.07, 6.45) is 0. The number of nitrogens with zero attached hydrogens (tertiary/aromatic N) is 3. The average molecular weight is 685 g/mol. The lowest BCUT2D eigenvalue weighted by molar-refractivity contribution is -0.140. The van der Waals surface area contributed by atoms with Gasteiger partial charge in [0, 0.05) is 26.2 Å². The molecule has 0 amide bonds. The van der Waals surface area contributed by atoms with Gasteiger partial charge in [0.15, 0.2) is 0 Å². The van der Waals surface area contributed by atoms with Crippen LogP contribution in [0, 0.1) is 0 Å². The van der Waals surface area contributed by atoms with E-state index in [1.807, 2.05) is 0 Å². The van der Waals surface area contributed by atoms with Crippen LogP contribution < -0.4 is 0 Å². The van der Waals surface area contributed by atoms with E-state index in [0.29, 0.717) is 9.80 Å². The number of hydrogen-bond acceptors (Lipinski definition) is 12. The van der Waals surface area contributed by atoms with Crippen LogP contribution in [0.1, 0.15) is 0 Å². The SMILES string of the molecule is O=C(O)CN(CCN(CC(=O)O)CC(O)(P(=O)(O)O)P(=O)(O)O)CCN(CC(=O)O)CC(O)(P(=O)(O)O)P(=O)(O)O. The second-order valence-electron chi connectivity index (χ2n) is 8.60. The second-order valence-corrected chi connectivity index (χ2v) is 16.6. The van der Waals surface area contributed by atoms with Crippen molar-refractivity contribution in [2.24, 2.45) is 0 Å². The summed E-state index contributed by atoms with van der Waals surface area (Å²) < 4.78 is 46.5. The monoisotopic (exact) mass is 685 g/mol. The molecule has 0 aliphatic heterocycles. The third-order valence-corrected chi connectivity index (χ3v) is 12.7. The molecule has 0 saturated carbocycles. The minimum Gasteiger partial charge on any atom is -0.480 e. The molecule has 242 valence electrons. The summed E-state index contributed by atoms with van der Waals surface area (Å²) >= 11 is 0. The molecule has 0 atom stereocenters. The van der Waals surface area contributed by atoms with E-state index < -0.39 is 117 Å². The molecule has 23 nitrogen and oxygen atoms in total. The van der Waals surface area contributed by atoms with Crippen LogP contribution in [0.25, 0.3) is 0 Å². The van der Waals surface area contributed by atoms with Crippen LogP contribution in [0.15, 0.2) is 0 Å². The Balaban J connectivity index is 6.08. The maximum Gasteiger partial charge on any atom is 0.370 e. The first-order valence-corrected chi connectivity index (χ1v) is 17.0. The number of carbonyl (C=O) groups is 3. The fourth-order valence-electron chi connectivity index (χ4n) is 3.15. The smallest absolute Gasteiger partial charge is 0.370 e. The van der Waals surface area contributed by atoms with Crippen molar-refractivity contribution in [1.29, 1.82) is 0 Å². The van der Waals surface area contributed by atoms with Crippen molar-refractivity contribution in [3.05, 3.63) is 0 Å². The van der Waals surface area contributed by atoms with E-state index in [-0.39, 0.29) is 0 Å². The number of carboxylic acids is 3. The van der Waals surface area contributed by atoms with Crippen molar-refractivity contribution in [3.63, 3.8) is 0 Å². The number of hydrogen-bond donors (Lipinski definition) is 13. The number of carboxylic acid groups (broad SMARTS) is 3. The fraction of sp³-hybridized carbons (Fsp3) is 0.786. The Hall–Kier alpha value is -1.19. The van der Waals surface area contributed by atoms with Gasteiger partial charge < -0.3 is 64.7 Å². The fourth-order valence-corrected chi connectivity index (χ4v) is 7.40. The minimum atomic E-state index is -6.03. The number of aliphatic carboxylic acids is 3. The maximum absolute atomic E-state index is 11.6. The average Bonchev–Trinajstić information content (AvgIpc) is 2.70. The van der Waals surface area contributed by atoms with Crippen molar-refractivity contribution in [2.75, 3.05) is 58.9 Å². The van der Waals surface area contributed by atoms with Gasteiger partial charge in [-0.1, -0.05) is 0 Å². The molecule has 13 N–H and O–H groups in total. The molecule has 0 aromatic heterocycles. The van der Waals surface area contributed by atoms with E-state index in [1.54, 1.807) is 0 Å². The van der Waals surface area contributed by atoms with E-state index in [1.165, 1.54) is 0 Å². The molecule has 27 heteroatoms. The molecule has 0 fully saturated rings. The van der Waals surface area contributed by atoms with E-state index in [9.17, 15) is 82.0 Å². The summed E-state index contributed by atoms with van der Waals surface area (Å²) in [5, 5.41) is 39.3. The zero-order chi connectivity index (χ0) is 32.8. The lowest BCUT2D eigenvalue weighted by Gasteiger charge is -2.36. The van der Waals surface area contributed by atoms with Crippen molar-refractivity contribution >= 4 is 48.3 Å². The molecule has 41 heavy (non-hydrogen) atoms. The van der Waals surface area contributed by atoms with Crippen LogP contribution in [0.3, 0.4) is 0 Å². The summed E-state index contributed by atoms with van der Waals surface area (Å²) in [4.78, 5) is 110. The second kappa shape index (κ2) is 14.5. The van der Waals surface area contributed by atoms with Crippen LogP contribution in [0.2, 0.25) is 0 Å². The predicted octanol–water partition coefficient (Wildman–Crippen LogP) is -4.85. The van der Waals surface area contributed by atoms with Gasteiger partial charge in [-0.3, -0.25) is 47.3 Å². The first-order valence-electron chi connectivity index (χ1n) is 10.6. The van der Waals surface area contributed by atoms with Crippen LogP contribution in [-0.2, 0) is 32.6 Å². The summed E-state index contributed by atoms with van der Waals surface area (Å²) in [6.45, 7) is -9.33. The Bertz CT molecular complexity index is 1020. The van der Waals surface area contributed by atoms with E-state index >= 15 is 0 Å². The molecule has 0 aromatic rings. The molecule has 0 rings (SSSR count). The highest BCUT2D eigenvalue weighted by Gasteiger charge is 2.61. The number of rotatable bonds is 20. The van der Waals surface area contributed by atoms with Crippen molar-refractivity contribution < 1.29 is 97.3 Å². The highest BCUT2D eigenvalue weighted by Crippen LogP contribution is 2.68. The van der Waals surface area contributed by atoms with Crippen molar-refractivity contribution in [3.8, 4) is 0 Å². The standard InChI is InChI=1S/C14H31N3O20P4/c18-10(19)5-15(1-3-16(6-11(20)21)8-13(24,38(26,27)28)39(29,30)31)2-4-17(7-12(22)23)9-14(25,40(32,33)34)41(35,36)37/h24-25H,1-9H2,(H,18,19)(H,20,21)(H,22,23)(H2,26,27,28)(H2,29,30,31)(H2,32,33,34)(H2,35,36,37). The van der Waals surface area contributed by atoms with E-state index in [0.717, 1.165) is 4.90 Å². The van der Waals surface area contributed by atoms with Gasteiger partial charge in [0.25, 0.3) is 10.2 Å². The summed E-state index contributed by atoms with van der Waals surface area (Å²) in [5.41, 5.74) is 0. The van der Waals surface area contributed by atoms with Crippen LogP contribution in [0.5, 0.6) is 0 Å². The van der Waals surface area contributed by atoms with Gasteiger partial charge in [-0.25, -0.2) is 0 Å². The lowest BCUT2D eigenvalue weighted by atomic mass is 10.3. The van der Waals surface area contributed by atoms with Crippen LogP contribution >= 0.6 is 30.4 Å². The van der Waals surface area contributed by atoms with E-state index in [2.05, 4.69) is 0 Å². The van der Waals surface area contributed by atoms with Gasteiger partial charge in [0.2, 0.25) is 0 Å². The highest BCUT2D eigenvalue weighted by molar-refractivity contribution is 7.72. The topological polar surface area (TPSA) is 392 Å². The molecule has 0 unspecified atom stereocenters. The molecular formula is C14H31N3O20P4. The molecule has 0 saturated heterocycles. The van der Waals surface area contributed by atoms with Crippen LogP contribution in [-0.4, -0.2) is 166 Å². The Morgan fingerprint density at radius 3 is 0.854 bits per heavy atom. The van der Waals surface area contributed by atoms with Crippen molar-refractivity contribution in [1.82, 2.24) is 14.7 Å². The largest absolute Gasteiger partial charge is 0.480 e. The lowest BCUT2D eigenvalue weighted by Crippen LogP contribution is -2.50. The summed E-state index contributed by atoms with van der Waals surface area (Å²) in [5.74, 6) is -4.99. The van der Waals surface area contributed by atoms with Gasteiger partial charge >= 0.3 is 48.3 Å². The Labute approximate surface area is 229 Å². The Morgan fingerprint density at radius 2 is 0.659 bits per heavy atom. The normalized spacial score (nSPS) is 14.2. The third-order valence-electron chi connectivity index (χ3n) is 5.28. The molecule has 0 heterocycles. The summed E-state index contributed by atoms with van der Waals surface area (Å²) in [7, 11) is -24.1. The van der Waals surface area contributed by atoms with Gasteiger partial charge in [-0.2, -0.15) is 0 Å². The maximum atomic E-state index is 11.6. The molecule has 0 spiro atoms. The molecule has 0 aliphatic carbocycles. The van der Waals surface area contributed by atoms with Gasteiger partial charge in [0.05, 0.1) is 32.7 Å². The van der Waals surface area contributed by atoms with Crippen LogP contribution in [0.4, 0.5) is 0 Å². The van der Waals surface area contributed by atoms with Crippen molar-refractivity contribution in [2.45, 2.75) is 10.2 Å². The van der Waals surface area contributed by atoms with Gasteiger partial charge in [0.1, 0.15) is 0 Å². The molecule has 0 radical (unpaired) electrons. The molecule has 0 aromatic carbocycles. The molecule has 0 aliphatic rings. The first-order chi connectivity index (χ1) is 18.1. The van der Waals surface area contributed by atoms with E-state index in [4.69, 9.17) is 15.3 Å². The van der Waals surface area contributed by atoms with Gasteiger partial charge in [-0.05, 0) is 0 Å². The Kier molecular flexibility index (Phi) is 14.1. The minimum absolute atomic E-state index is 0.435. The summed E-state index contributed by atoms with van der Waals surface area (Å²) in [6, 6.07) is 0.